The van der Waals surface area contributed by atoms with Gasteiger partial charge in [-0.1, -0.05) is 18.0 Å². The van der Waals surface area contributed by atoms with Gasteiger partial charge in [0.2, 0.25) is 0 Å². The first-order valence-electron chi connectivity index (χ1n) is 8.05. The maximum atomic E-state index is 12.8. The Kier molecular flexibility index (Phi) is 3.60. The minimum atomic E-state index is -0.353. The molecule has 0 spiro atoms. The Balaban J connectivity index is 1.66. The lowest BCUT2D eigenvalue weighted by molar-refractivity contribution is 0.0897. The van der Waals surface area contributed by atoms with Gasteiger partial charge in [-0.25, -0.2) is 9.97 Å². The molecule has 1 fully saturated rings. The van der Waals surface area contributed by atoms with Gasteiger partial charge in [0.1, 0.15) is 5.01 Å². The first-order chi connectivity index (χ1) is 11.6. The number of hydrogen-bond donors (Lipinski definition) is 1. The topological polar surface area (TPSA) is 80.9 Å². The van der Waals surface area contributed by atoms with Crippen LogP contribution in [0.5, 0.6) is 0 Å². The highest BCUT2D eigenvalue weighted by Crippen LogP contribution is 2.40. The zero-order valence-corrected chi connectivity index (χ0v) is 14.4. The van der Waals surface area contributed by atoms with Crippen LogP contribution in [0.4, 0.5) is 0 Å². The maximum Gasteiger partial charge on any atom is 0.257 e. The molecular formula is C17H18N4O2S. The second-order valence-corrected chi connectivity index (χ2v) is 7.24. The third kappa shape index (κ3) is 2.49. The molecule has 1 saturated carbocycles. The van der Waals surface area contributed by atoms with Gasteiger partial charge in [0.25, 0.3) is 11.6 Å². The van der Waals surface area contributed by atoms with Crippen LogP contribution in [0.15, 0.2) is 22.2 Å². The molecule has 0 atom stereocenters. The van der Waals surface area contributed by atoms with Gasteiger partial charge in [-0.15, -0.1) is 11.3 Å². The van der Waals surface area contributed by atoms with E-state index in [4.69, 9.17) is 4.52 Å². The van der Waals surface area contributed by atoms with Crippen molar-refractivity contribution in [3.8, 4) is 0 Å². The molecule has 3 aromatic rings. The average Bonchev–Trinajstić information content (AvgIpc) is 3.29. The van der Waals surface area contributed by atoms with Crippen molar-refractivity contribution in [1.29, 1.82) is 0 Å². The molecule has 0 aromatic carbocycles. The molecule has 3 heterocycles. The van der Waals surface area contributed by atoms with Gasteiger partial charge >= 0.3 is 0 Å². The lowest BCUT2D eigenvalue weighted by Crippen LogP contribution is -2.43. The van der Waals surface area contributed by atoms with E-state index in [-0.39, 0.29) is 11.4 Å². The Labute approximate surface area is 143 Å². The largest absolute Gasteiger partial charge is 0.340 e. The molecule has 24 heavy (non-hydrogen) atoms. The fourth-order valence-electron chi connectivity index (χ4n) is 3.30. The fourth-order valence-corrected chi connectivity index (χ4v) is 4.32. The molecule has 6 nitrogen and oxygen atoms in total. The lowest BCUT2D eigenvalue weighted by atomic mass is 9.97. The van der Waals surface area contributed by atoms with Gasteiger partial charge in [-0.05, 0) is 32.8 Å². The highest BCUT2D eigenvalue weighted by molar-refractivity contribution is 7.09. The summed E-state index contributed by atoms with van der Waals surface area (Å²) in [5.74, 6) is -0.125. The number of carbonyl (C=O) groups is 1. The Hall–Kier alpha value is -2.28. The average molecular weight is 342 g/mol. The van der Waals surface area contributed by atoms with Crippen LogP contribution in [0.25, 0.3) is 11.1 Å². The SMILES string of the molecule is Cc1csc(C2(NC(=O)c3cnc4onc(C)c4c3)CCCC2)n1. The van der Waals surface area contributed by atoms with E-state index < -0.39 is 0 Å². The van der Waals surface area contributed by atoms with E-state index in [1.54, 1.807) is 17.4 Å². The number of rotatable bonds is 3. The molecule has 1 aliphatic carbocycles. The Morgan fingerprint density at radius 2 is 2.12 bits per heavy atom. The molecule has 0 saturated heterocycles. The van der Waals surface area contributed by atoms with Gasteiger partial charge < -0.3 is 9.84 Å². The molecule has 3 aromatic heterocycles. The second kappa shape index (κ2) is 5.66. The number of nitrogens with one attached hydrogen (secondary N) is 1. The molecule has 0 unspecified atom stereocenters. The summed E-state index contributed by atoms with van der Waals surface area (Å²) in [7, 11) is 0. The van der Waals surface area contributed by atoms with Crippen LogP contribution in [-0.4, -0.2) is 21.0 Å². The van der Waals surface area contributed by atoms with Gasteiger partial charge in [0.15, 0.2) is 0 Å². The van der Waals surface area contributed by atoms with Gasteiger partial charge in [0.05, 0.1) is 22.2 Å². The summed E-state index contributed by atoms with van der Waals surface area (Å²) in [6.45, 7) is 3.82. The van der Waals surface area contributed by atoms with Crippen molar-refractivity contribution in [3.05, 3.63) is 39.6 Å². The molecule has 1 amide bonds. The van der Waals surface area contributed by atoms with Crippen molar-refractivity contribution in [3.63, 3.8) is 0 Å². The van der Waals surface area contributed by atoms with Crippen molar-refractivity contribution < 1.29 is 9.32 Å². The Bertz CT molecular complexity index is 908. The van der Waals surface area contributed by atoms with Gasteiger partial charge in [-0.3, -0.25) is 4.79 Å². The third-order valence-corrected chi connectivity index (χ3v) is 5.77. The van der Waals surface area contributed by atoms with E-state index in [1.165, 1.54) is 6.20 Å². The number of pyridine rings is 1. The normalized spacial score (nSPS) is 16.6. The van der Waals surface area contributed by atoms with Crippen LogP contribution in [0.3, 0.4) is 0 Å². The van der Waals surface area contributed by atoms with Crippen molar-refractivity contribution in [2.45, 2.75) is 45.1 Å². The standard InChI is InChI=1S/C17H18N4O2S/c1-10-9-24-16(19-10)17(5-3-4-6-17)20-14(22)12-7-13-11(2)21-23-15(13)18-8-12/h7-9H,3-6H2,1-2H3,(H,20,22). The predicted octanol–water partition coefficient (Wildman–Crippen LogP) is 3.50. The Morgan fingerprint density at radius 3 is 2.83 bits per heavy atom. The van der Waals surface area contributed by atoms with Crippen LogP contribution < -0.4 is 5.32 Å². The number of aryl methyl sites for hydroxylation is 2. The van der Waals surface area contributed by atoms with Crippen molar-refractivity contribution in [1.82, 2.24) is 20.4 Å². The minimum absolute atomic E-state index is 0.125. The minimum Gasteiger partial charge on any atom is -0.340 e. The van der Waals surface area contributed by atoms with Crippen LogP contribution in [0.2, 0.25) is 0 Å². The van der Waals surface area contributed by atoms with E-state index in [0.29, 0.717) is 11.3 Å². The summed E-state index contributed by atoms with van der Waals surface area (Å²) in [5.41, 5.74) is 2.36. The van der Waals surface area contributed by atoms with Crippen molar-refractivity contribution in [2.75, 3.05) is 0 Å². The van der Waals surface area contributed by atoms with Crippen molar-refractivity contribution >= 4 is 28.3 Å². The molecule has 124 valence electrons. The zero-order valence-electron chi connectivity index (χ0n) is 13.6. The van der Waals surface area contributed by atoms with E-state index in [9.17, 15) is 4.79 Å². The Morgan fingerprint density at radius 1 is 1.33 bits per heavy atom. The van der Waals surface area contributed by atoms with Crippen LogP contribution in [0.1, 0.15) is 52.4 Å². The zero-order chi connectivity index (χ0) is 16.7. The number of carbonyl (C=O) groups excluding carboxylic acids is 1. The van der Waals surface area contributed by atoms with Crippen LogP contribution in [-0.2, 0) is 5.54 Å². The highest BCUT2D eigenvalue weighted by Gasteiger charge is 2.39. The first kappa shape index (κ1) is 15.3. The number of hydrogen-bond acceptors (Lipinski definition) is 6. The summed E-state index contributed by atoms with van der Waals surface area (Å²) in [6.07, 6.45) is 5.58. The summed E-state index contributed by atoms with van der Waals surface area (Å²) in [5, 5.41) is 10.9. The van der Waals surface area contributed by atoms with Crippen molar-refractivity contribution in [2.24, 2.45) is 0 Å². The summed E-state index contributed by atoms with van der Waals surface area (Å²) in [4.78, 5) is 21.7. The number of nitrogens with zero attached hydrogens (tertiary/aromatic N) is 3. The molecule has 1 aliphatic rings. The molecular weight excluding hydrogens is 324 g/mol. The number of aromatic nitrogens is 3. The van der Waals surface area contributed by atoms with E-state index in [2.05, 4.69) is 20.4 Å². The molecule has 1 N–H and O–H groups in total. The maximum absolute atomic E-state index is 12.8. The van der Waals surface area contributed by atoms with Crippen LogP contribution in [0, 0.1) is 13.8 Å². The van der Waals surface area contributed by atoms with E-state index in [1.807, 2.05) is 19.2 Å². The van der Waals surface area contributed by atoms with E-state index >= 15 is 0 Å². The molecule has 0 aliphatic heterocycles. The summed E-state index contributed by atoms with van der Waals surface area (Å²) < 4.78 is 5.11. The van der Waals surface area contributed by atoms with Crippen LogP contribution >= 0.6 is 11.3 Å². The molecule has 4 rings (SSSR count). The van der Waals surface area contributed by atoms with Gasteiger partial charge in [-0.2, -0.15) is 0 Å². The molecule has 7 heteroatoms. The quantitative estimate of drug-likeness (QED) is 0.788. The predicted molar refractivity (Wildman–Crippen MR) is 91.0 cm³/mol. The first-order valence-corrected chi connectivity index (χ1v) is 8.92. The third-order valence-electron chi connectivity index (χ3n) is 4.61. The lowest BCUT2D eigenvalue weighted by Gasteiger charge is -2.28. The van der Waals surface area contributed by atoms with Gasteiger partial charge in [0, 0.05) is 17.3 Å². The smallest absolute Gasteiger partial charge is 0.257 e. The fraction of sp³-hybridized carbons (Fsp3) is 0.412. The summed E-state index contributed by atoms with van der Waals surface area (Å²) in [6, 6.07) is 1.79. The monoisotopic (exact) mass is 342 g/mol. The summed E-state index contributed by atoms with van der Waals surface area (Å²) >= 11 is 1.62. The number of fused-ring (bicyclic) bond motifs is 1. The number of amides is 1. The number of thiazole rings is 1. The molecule has 0 bridgehead atoms. The highest BCUT2D eigenvalue weighted by atomic mass is 32.1. The van der Waals surface area contributed by atoms with E-state index in [0.717, 1.165) is 47.5 Å². The molecule has 0 radical (unpaired) electrons. The second-order valence-electron chi connectivity index (χ2n) is 6.38.